The summed E-state index contributed by atoms with van der Waals surface area (Å²) in [5.74, 6) is 5.36. The molecule has 0 spiro atoms. The SMILES string of the molecule is Cc1cc(C)c(C)c(C#CC=O)c1C. The van der Waals surface area contributed by atoms with Crippen LogP contribution in [0, 0.1) is 39.5 Å². The molecule has 0 aliphatic heterocycles. The van der Waals surface area contributed by atoms with Gasteiger partial charge in [0.25, 0.3) is 0 Å². The van der Waals surface area contributed by atoms with Gasteiger partial charge in [0.05, 0.1) is 0 Å². The van der Waals surface area contributed by atoms with Gasteiger partial charge >= 0.3 is 0 Å². The van der Waals surface area contributed by atoms with Crippen molar-refractivity contribution in [3.8, 4) is 11.8 Å². The van der Waals surface area contributed by atoms with Crippen molar-refractivity contribution in [3.63, 3.8) is 0 Å². The third-order valence-corrected chi connectivity index (χ3v) is 2.62. The van der Waals surface area contributed by atoms with Crippen molar-refractivity contribution in [2.24, 2.45) is 0 Å². The van der Waals surface area contributed by atoms with Crippen LogP contribution < -0.4 is 0 Å². The van der Waals surface area contributed by atoms with Gasteiger partial charge in [0.1, 0.15) is 0 Å². The predicted molar refractivity (Wildman–Crippen MR) is 58.3 cm³/mol. The van der Waals surface area contributed by atoms with Gasteiger partial charge in [0.2, 0.25) is 0 Å². The van der Waals surface area contributed by atoms with E-state index in [1.165, 1.54) is 22.3 Å². The number of rotatable bonds is 0. The summed E-state index contributed by atoms with van der Waals surface area (Å²) in [5.41, 5.74) is 5.78. The Hall–Kier alpha value is -1.55. The molecule has 0 aliphatic carbocycles. The molecule has 1 aromatic rings. The highest BCUT2D eigenvalue weighted by molar-refractivity contribution is 5.74. The smallest absolute Gasteiger partial charge is 0.193 e. The largest absolute Gasteiger partial charge is 0.289 e. The fraction of sp³-hybridized carbons (Fsp3) is 0.308. The molecule has 1 aromatic carbocycles. The highest BCUT2D eigenvalue weighted by atomic mass is 16.1. The molecule has 0 unspecified atom stereocenters. The standard InChI is InChI=1S/C13H14O/c1-9-8-10(2)12(4)13(11(9)3)6-5-7-14/h7-8H,1-4H3. The van der Waals surface area contributed by atoms with E-state index in [4.69, 9.17) is 0 Å². The van der Waals surface area contributed by atoms with Crippen LogP contribution in [-0.2, 0) is 4.79 Å². The Morgan fingerprint density at radius 3 is 2.00 bits per heavy atom. The molecule has 0 bridgehead atoms. The van der Waals surface area contributed by atoms with E-state index in [9.17, 15) is 4.79 Å². The third kappa shape index (κ3) is 1.85. The first kappa shape index (κ1) is 10.5. The lowest BCUT2D eigenvalue weighted by Gasteiger charge is -2.09. The van der Waals surface area contributed by atoms with Crippen molar-refractivity contribution >= 4 is 6.29 Å². The summed E-state index contributed by atoms with van der Waals surface area (Å²) in [6, 6.07) is 2.15. The quantitative estimate of drug-likeness (QED) is 0.449. The molecule has 0 saturated carbocycles. The van der Waals surface area contributed by atoms with Crippen molar-refractivity contribution in [2.75, 3.05) is 0 Å². The van der Waals surface area contributed by atoms with E-state index in [0.717, 1.165) is 5.56 Å². The molecule has 72 valence electrons. The zero-order valence-corrected chi connectivity index (χ0v) is 9.06. The van der Waals surface area contributed by atoms with Gasteiger partial charge in [0, 0.05) is 5.56 Å². The molecule has 1 nitrogen and oxygen atoms in total. The molecule has 0 aromatic heterocycles. The summed E-state index contributed by atoms with van der Waals surface area (Å²) in [4.78, 5) is 10.2. The first-order valence-corrected chi connectivity index (χ1v) is 4.60. The summed E-state index contributed by atoms with van der Waals surface area (Å²) in [6.07, 6.45) is 0.635. The molecule has 0 aliphatic rings. The Balaban J connectivity index is 3.46. The highest BCUT2D eigenvalue weighted by Gasteiger charge is 2.05. The minimum absolute atomic E-state index is 0.635. The maximum atomic E-state index is 10.2. The van der Waals surface area contributed by atoms with E-state index in [1.54, 1.807) is 0 Å². The van der Waals surface area contributed by atoms with Gasteiger partial charge in [0.15, 0.2) is 6.29 Å². The lowest BCUT2D eigenvalue weighted by atomic mass is 9.95. The number of carbonyl (C=O) groups is 1. The van der Waals surface area contributed by atoms with Gasteiger partial charge in [-0.25, -0.2) is 0 Å². The second-order valence-corrected chi connectivity index (χ2v) is 3.52. The average Bonchev–Trinajstić information content (AvgIpc) is 2.15. The van der Waals surface area contributed by atoms with E-state index >= 15 is 0 Å². The van der Waals surface area contributed by atoms with E-state index in [0.29, 0.717) is 6.29 Å². The minimum Gasteiger partial charge on any atom is -0.289 e. The van der Waals surface area contributed by atoms with Crippen molar-refractivity contribution in [1.82, 2.24) is 0 Å². The van der Waals surface area contributed by atoms with E-state index in [1.807, 2.05) is 13.8 Å². The van der Waals surface area contributed by atoms with Crippen LogP contribution in [-0.4, -0.2) is 6.29 Å². The van der Waals surface area contributed by atoms with Gasteiger partial charge in [-0.15, -0.1) is 0 Å². The Kier molecular flexibility index (Phi) is 3.09. The second-order valence-electron chi connectivity index (χ2n) is 3.52. The zero-order chi connectivity index (χ0) is 10.7. The van der Waals surface area contributed by atoms with Crippen LogP contribution in [0.5, 0.6) is 0 Å². The normalized spacial score (nSPS) is 9.14. The second kappa shape index (κ2) is 4.11. The van der Waals surface area contributed by atoms with Gasteiger partial charge in [-0.2, -0.15) is 0 Å². The number of hydrogen-bond donors (Lipinski definition) is 0. The predicted octanol–water partition coefficient (Wildman–Crippen LogP) is 2.47. The van der Waals surface area contributed by atoms with Crippen LogP contribution >= 0.6 is 0 Å². The first-order valence-electron chi connectivity index (χ1n) is 4.60. The summed E-state index contributed by atoms with van der Waals surface area (Å²) >= 11 is 0. The molecule has 0 fully saturated rings. The lowest BCUT2D eigenvalue weighted by molar-refractivity contribution is -0.103. The summed E-state index contributed by atoms with van der Waals surface area (Å²) in [7, 11) is 0. The number of carbonyl (C=O) groups excluding carboxylic acids is 1. The maximum Gasteiger partial charge on any atom is 0.193 e. The minimum atomic E-state index is 0.635. The lowest BCUT2D eigenvalue weighted by Crippen LogP contribution is -1.95. The average molecular weight is 186 g/mol. The fourth-order valence-corrected chi connectivity index (χ4v) is 1.51. The van der Waals surface area contributed by atoms with Gasteiger partial charge in [-0.05, 0) is 55.9 Å². The first-order chi connectivity index (χ1) is 6.57. The van der Waals surface area contributed by atoms with Gasteiger partial charge in [-0.1, -0.05) is 12.0 Å². The molecule has 0 atom stereocenters. The molecular weight excluding hydrogens is 172 g/mol. The van der Waals surface area contributed by atoms with Crippen molar-refractivity contribution in [2.45, 2.75) is 27.7 Å². The number of aryl methyl sites for hydroxylation is 2. The summed E-state index contributed by atoms with van der Waals surface area (Å²) in [5, 5.41) is 0. The Morgan fingerprint density at radius 1 is 1.07 bits per heavy atom. The van der Waals surface area contributed by atoms with E-state index < -0.39 is 0 Å². The Bertz CT molecular complexity index is 405. The molecule has 0 amide bonds. The molecular formula is C13H14O. The van der Waals surface area contributed by atoms with Crippen molar-refractivity contribution < 1.29 is 4.79 Å². The Labute approximate surface area is 85.1 Å². The van der Waals surface area contributed by atoms with E-state index in [2.05, 4.69) is 31.8 Å². The van der Waals surface area contributed by atoms with Crippen LogP contribution in [0.3, 0.4) is 0 Å². The van der Waals surface area contributed by atoms with Gasteiger partial charge < -0.3 is 0 Å². The molecule has 1 rings (SSSR count). The molecule has 14 heavy (non-hydrogen) atoms. The zero-order valence-electron chi connectivity index (χ0n) is 9.06. The molecule has 0 saturated heterocycles. The molecule has 0 N–H and O–H groups in total. The van der Waals surface area contributed by atoms with Crippen LogP contribution in [0.2, 0.25) is 0 Å². The molecule has 0 heterocycles. The number of aldehydes is 1. The maximum absolute atomic E-state index is 10.2. The number of hydrogen-bond acceptors (Lipinski definition) is 1. The topological polar surface area (TPSA) is 17.1 Å². The van der Waals surface area contributed by atoms with E-state index in [-0.39, 0.29) is 0 Å². The molecule has 0 radical (unpaired) electrons. The Morgan fingerprint density at radius 2 is 1.57 bits per heavy atom. The third-order valence-electron chi connectivity index (χ3n) is 2.62. The summed E-state index contributed by atoms with van der Waals surface area (Å²) in [6.45, 7) is 8.20. The highest BCUT2D eigenvalue weighted by Crippen LogP contribution is 2.20. The van der Waals surface area contributed by atoms with Crippen molar-refractivity contribution in [1.29, 1.82) is 0 Å². The summed E-state index contributed by atoms with van der Waals surface area (Å²) < 4.78 is 0. The van der Waals surface area contributed by atoms with Crippen LogP contribution in [0.25, 0.3) is 0 Å². The molecule has 1 heteroatoms. The van der Waals surface area contributed by atoms with Crippen LogP contribution in [0.1, 0.15) is 27.8 Å². The number of benzene rings is 1. The van der Waals surface area contributed by atoms with Crippen molar-refractivity contribution in [3.05, 3.63) is 33.9 Å². The van der Waals surface area contributed by atoms with Gasteiger partial charge in [-0.3, -0.25) is 4.79 Å². The fourth-order valence-electron chi connectivity index (χ4n) is 1.51. The monoisotopic (exact) mass is 186 g/mol. The van der Waals surface area contributed by atoms with Crippen LogP contribution in [0.4, 0.5) is 0 Å². The van der Waals surface area contributed by atoms with Crippen LogP contribution in [0.15, 0.2) is 6.07 Å².